The Bertz CT molecular complexity index is 385. The minimum absolute atomic E-state index is 0.493. The quantitative estimate of drug-likeness (QED) is 0.629. The number of benzene rings is 1. The number of hydrogen-bond acceptors (Lipinski definition) is 1. The third-order valence-electron chi connectivity index (χ3n) is 1.08. The van der Waals surface area contributed by atoms with Crippen LogP contribution in [0.1, 0.15) is 18.0 Å². The topological polar surface area (TPSA) is 26.0 Å². The Morgan fingerprint density at radius 1 is 1.55 bits per heavy atom. The van der Waals surface area contributed by atoms with Crippen LogP contribution in [0.5, 0.6) is 0 Å². The molecular weight excluding hydrogens is 148 g/mol. The first-order valence-corrected chi connectivity index (χ1v) is 2.92. The van der Waals surface area contributed by atoms with E-state index in [1.54, 1.807) is 0 Å². The highest BCUT2D eigenvalue weighted by Gasteiger charge is 2.23. The molecule has 0 heterocycles. The Kier molecular flexibility index (Phi) is 0.916. The second-order valence-corrected chi connectivity index (χ2v) is 2.18. The molecule has 0 atom stereocenters. The summed E-state index contributed by atoms with van der Waals surface area (Å²) < 4.78 is 55.1. The van der Waals surface area contributed by atoms with Gasteiger partial charge in [0.1, 0.15) is 0 Å². The molecule has 0 amide bonds. The minimum Gasteiger partial charge on any atom is -0.399 e. The van der Waals surface area contributed by atoms with E-state index >= 15 is 0 Å². The Morgan fingerprint density at radius 2 is 2.18 bits per heavy atom. The van der Waals surface area contributed by atoms with Gasteiger partial charge in [-0.3, -0.25) is 0 Å². The molecule has 0 fully saturated rings. The van der Waals surface area contributed by atoms with Gasteiger partial charge in [0.25, 0.3) is 5.92 Å². The van der Waals surface area contributed by atoms with Crippen molar-refractivity contribution < 1.29 is 14.3 Å². The smallest absolute Gasteiger partial charge is 0.270 e. The van der Waals surface area contributed by atoms with Gasteiger partial charge in [-0.15, -0.1) is 0 Å². The molecule has 0 aliphatic heterocycles. The molecule has 0 bridgehead atoms. The molecule has 0 aliphatic carbocycles. The summed E-state index contributed by atoms with van der Waals surface area (Å²) in [4.78, 5) is 0. The lowest BCUT2D eigenvalue weighted by Crippen LogP contribution is -2.06. The number of alkyl halides is 2. The fourth-order valence-electron chi connectivity index (χ4n) is 0.578. The highest BCUT2D eigenvalue weighted by Crippen LogP contribution is 2.27. The van der Waals surface area contributed by atoms with E-state index in [1.807, 2.05) is 0 Å². The van der Waals surface area contributed by atoms with Gasteiger partial charge in [0.2, 0.25) is 0 Å². The average Bonchev–Trinajstić information content (AvgIpc) is 2.09. The van der Waals surface area contributed by atoms with Gasteiger partial charge in [0, 0.05) is 18.2 Å². The van der Waals surface area contributed by atoms with Crippen LogP contribution in [0, 0.1) is 0 Å². The molecule has 3 heteroatoms. The maximum absolute atomic E-state index is 13.0. The van der Waals surface area contributed by atoms with Crippen LogP contribution in [0.4, 0.5) is 14.5 Å². The van der Waals surface area contributed by atoms with E-state index in [0.29, 0.717) is 6.92 Å². The van der Waals surface area contributed by atoms with Gasteiger partial charge in [-0.25, -0.2) is 8.78 Å². The molecule has 1 aromatic carbocycles. The van der Waals surface area contributed by atoms with Crippen molar-refractivity contribution in [3.05, 3.63) is 29.7 Å². The van der Waals surface area contributed by atoms with E-state index in [1.165, 1.54) is 0 Å². The number of nitrogens with two attached hydrogens (primary N) is 1. The molecule has 0 aliphatic rings. The highest BCUT2D eigenvalue weighted by molar-refractivity contribution is 5.41. The summed E-state index contributed by atoms with van der Waals surface area (Å²) in [5.41, 5.74) is 3.84. The maximum atomic E-state index is 13.0. The van der Waals surface area contributed by atoms with Crippen LogP contribution in [0.25, 0.3) is 0 Å². The summed E-state index contributed by atoms with van der Waals surface area (Å²) in [5, 5.41) is 0. The van der Waals surface area contributed by atoms with Crippen LogP contribution in [-0.4, -0.2) is 0 Å². The van der Waals surface area contributed by atoms with Crippen LogP contribution in [0.2, 0.25) is 0 Å². The lowest BCUT2D eigenvalue weighted by atomic mass is 10.1. The molecule has 0 radical (unpaired) electrons. The predicted molar refractivity (Wildman–Crippen MR) is 40.4 cm³/mol. The van der Waals surface area contributed by atoms with Gasteiger partial charge in [0.05, 0.1) is 5.48 Å². The van der Waals surface area contributed by atoms with Crippen molar-refractivity contribution in [1.82, 2.24) is 0 Å². The second kappa shape index (κ2) is 2.49. The Hall–Kier alpha value is -1.12. The van der Waals surface area contributed by atoms with E-state index in [0.717, 1.165) is 0 Å². The number of nitrogen functional groups attached to an aromatic ring is 1. The molecule has 0 unspecified atom stereocenters. The van der Waals surface area contributed by atoms with Crippen molar-refractivity contribution in [3.8, 4) is 0 Å². The third kappa shape index (κ3) is 1.90. The first kappa shape index (κ1) is 4.04. The SMILES string of the molecule is [2H]c1c([2H])c(N)c([2H])c(C(C)(F)F)c1[2H]. The molecule has 0 saturated heterocycles. The molecule has 1 aromatic rings. The fraction of sp³-hybridized carbons (Fsp3) is 0.250. The van der Waals surface area contributed by atoms with E-state index in [-0.39, 0.29) is 0 Å². The molecular formula is C8H9F2N. The van der Waals surface area contributed by atoms with Gasteiger partial charge < -0.3 is 5.73 Å². The normalized spacial score (nSPS) is 16.6. The maximum Gasteiger partial charge on any atom is 0.270 e. The Balaban J connectivity index is 3.68. The van der Waals surface area contributed by atoms with Crippen molar-refractivity contribution >= 4 is 5.69 Å². The van der Waals surface area contributed by atoms with Gasteiger partial charge >= 0.3 is 0 Å². The van der Waals surface area contributed by atoms with Crippen LogP contribution in [0.15, 0.2) is 24.2 Å². The Labute approximate surface area is 69.5 Å². The summed E-state index contributed by atoms with van der Waals surface area (Å²) in [6.07, 6.45) is 0. The standard InChI is InChI=1S/C8H9F2N/c1-8(9,10)6-3-2-4-7(11)5-6/h2-5H,11H2,1H3/i2D,3D,4D,5D. The van der Waals surface area contributed by atoms with Gasteiger partial charge in [-0.1, -0.05) is 12.1 Å². The molecule has 1 nitrogen and oxygen atoms in total. The number of hydrogen-bond donors (Lipinski definition) is 1. The number of halogens is 2. The summed E-state index contributed by atoms with van der Waals surface area (Å²) in [6, 6.07) is -2.79. The summed E-state index contributed by atoms with van der Waals surface area (Å²) in [7, 11) is 0. The van der Waals surface area contributed by atoms with E-state index in [4.69, 9.17) is 11.2 Å². The molecule has 0 spiro atoms. The summed E-state index contributed by atoms with van der Waals surface area (Å²) >= 11 is 0. The van der Waals surface area contributed by atoms with E-state index in [9.17, 15) is 8.78 Å². The average molecular weight is 161 g/mol. The van der Waals surface area contributed by atoms with Crippen molar-refractivity contribution in [2.24, 2.45) is 0 Å². The van der Waals surface area contributed by atoms with Gasteiger partial charge in [-0.05, 0) is 12.1 Å². The molecule has 2 N–H and O–H groups in total. The minimum atomic E-state index is -3.41. The van der Waals surface area contributed by atoms with E-state index < -0.39 is 41.3 Å². The lowest BCUT2D eigenvalue weighted by molar-refractivity contribution is 0.0175. The van der Waals surface area contributed by atoms with Gasteiger partial charge in [-0.2, -0.15) is 0 Å². The van der Waals surface area contributed by atoms with Crippen molar-refractivity contribution in [2.45, 2.75) is 12.8 Å². The largest absolute Gasteiger partial charge is 0.399 e. The number of rotatable bonds is 1. The summed E-state index contributed by atoms with van der Waals surface area (Å²) in [5.74, 6) is -3.41. The van der Waals surface area contributed by atoms with Crippen molar-refractivity contribution in [1.29, 1.82) is 0 Å². The van der Waals surface area contributed by atoms with Crippen LogP contribution in [-0.2, 0) is 5.92 Å². The van der Waals surface area contributed by atoms with Crippen molar-refractivity contribution in [2.75, 3.05) is 5.73 Å². The molecule has 11 heavy (non-hydrogen) atoms. The molecule has 0 aromatic heterocycles. The molecule has 0 saturated carbocycles. The zero-order valence-corrected chi connectivity index (χ0v) is 5.83. The van der Waals surface area contributed by atoms with Crippen molar-refractivity contribution in [3.63, 3.8) is 0 Å². The summed E-state index contributed by atoms with van der Waals surface area (Å²) in [6.45, 7) is 0.529. The first-order valence-electron chi connectivity index (χ1n) is 4.92. The zero-order chi connectivity index (χ0) is 12.0. The lowest BCUT2D eigenvalue weighted by Gasteiger charge is -2.09. The number of anilines is 1. The molecule has 60 valence electrons. The van der Waals surface area contributed by atoms with Crippen LogP contribution < -0.4 is 5.73 Å². The first-order chi connectivity index (χ1) is 6.68. The second-order valence-electron chi connectivity index (χ2n) is 2.18. The third-order valence-corrected chi connectivity index (χ3v) is 1.08. The van der Waals surface area contributed by atoms with Gasteiger partial charge in [0.15, 0.2) is 0 Å². The highest BCUT2D eigenvalue weighted by atomic mass is 19.3. The monoisotopic (exact) mass is 161 g/mol. The molecule has 1 rings (SSSR count). The fourth-order valence-corrected chi connectivity index (χ4v) is 0.578. The predicted octanol–water partition coefficient (Wildman–Crippen LogP) is 2.38. The zero-order valence-electron chi connectivity index (χ0n) is 9.83. The van der Waals surface area contributed by atoms with Crippen LogP contribution in [0.3, 0.4) is 0 Å². The Morgan fingerprint density at radius 3 is 2.73 bits per heavy atom. The van der Waals surface area contributed by atoms with Crippen LogP contribution >= 0.6 is 0 Å². The van der Waals surface area contributed by atoms with E-state index in [2.05, 4.69) is 0 Å².